The minimum Gasteiger partial charge on any atom is -0.249 e. The van der Waals surface area contributed by atoms with Gasteiger partial charge in [-0.15, -0.1) is 0 Å². The Labute approximate surface area is 190 Å². The fourth-order valence-electron chi connectivity index (χ4n) is 4.11. The molecule has 6 rings (SSSR count). The first-order valence-corrected chi connectivity index (χ1v) is 10.8. The number of rotatable bonds is 3. The van der Waals surface area contributed by atoms with Crippen molar-refractivity contribution in [2.24, 2.45) is 20.0 Å². The molecular formula is C27H19FN5+. The van der Waals surface area contributed by atoms with Gasteiger partial charge in [0.1, 0.15) is 6.67 Å². The quantitative estimate of drug-likeness (QED) is 0.638. The van der Waals surface area contributed by atoms with Crippen molar-refractivity contribution in [3.8, 4) is 0 Å². The maximum Gasteiger partial charge on any atom is 0.214 e. The largest absolute Gasteiger partial charge is 0.249 e. The summed E-state index contributed by atoms with van der Waals surface area (Å²) in [5.74, 6) is 0. The Morgan fingerprint density at radius 3 is 1.88 bits per heavy atom. The number of hydrogen-bond acceptors (Lipinski definition) is 4. The lowest BCUT2D eigenvalue weighted by molar-refractivity contribution is -0.699. The number of halogens is 1. The summed E-state index contributed by atoms with van der Waals surface area (Å²) in [6.45, 7) is -0.156. The van der Waals surface area contributed by atoms with Gasteiger partial charge in [0.15, 0.2) is 12.7 Å². The third kappa shape index (κ3) is 3.87. The molecule has 0 aliphatic carbocycles. The number of aryl methyl sites for hydroxylation is 1. The van der Waals surface area contributed by atoms with Crippen LogP contribution in [0.5, 0.6) is 0 Å². The molecule has 0 fully saturated rings. The van der Waals surface area contributed by atoms with Crippen molar-refractivity contribution in [1.82, 2.24) is 0 Å². The molecule has 8 bridgehead atoms. The van der Waals surface area contributed by atoms with E-state index in [1.54, 1.807) is 0 Å². The van der Waals surface area contributed by atoms with Crippen LogP contribution in [0.2, 0.25) is 0 Å². The van der Waals surface area contributed by atoms with Crippen molar-refractivity contribution in [2.75, 3.05) is 6.67 Å². The second-order valence-electron chi connectivity index (χ2n) is 7.91. The van der Waals surface area contributed by atoms with E-state index in [0.717, 1.165) is 56.9 Å². The van der Waals surface area contributed by atoms with Crippen molar-refractivity contribution >= 4 is 28.4 Å². The summed E-state index contributed by atoms with van der Waals surface area (Å²) in [4.78, 5) is 18.9. The molecule has 1 aromatic heterocycles. The zero-order chi connectivity index (χ0) is 22.2. The molecule has 5 aliphatic rings. The van der Waals surface area contributed by atoms with Crippen LogP contribution >= 0.6 is 0 Å². The van der Waals surface area contributed by atoms with Crippen molar-refractivity contribution < 1.29 is 8.96 Å². The Bertz CT molecular complexity index is 1450. The zero-order valence-corrected chi connectivity index (χ0v) is 17.7. The molecule has 0 amide bonds. The number of allylic oxidation sites excluding steroid dienone is 12. The summed E-state index contributed by atoms with van der Waals surface area (Å²) < 4.78 is 15.1. The molecule has 6 heterocycles. The number of hydrogen-bond donors (Lipinski definition) is 0. The SMILES string of the molecule is FCC[n+]1ccccc1C1=CC2=NC1=CC1=NC(=CC3=NC(=CC4=NC(=C2)C=C4)C=C3)C=C1. The molecule has 5 nitrogen and oxygen atoms in total. The van der Waals surface area contributed by atoms with E-state index < -0.39 is 6.67 Å². The maximum absolute atomic E-state index is 13.2. The minimum absolute atomic E-state index is 0.283. The summed E-state index contributed by atoms with van der Waals surface area (Å²) in [7, 11) is 0. The highest BCUT2D eigenvalue weighted by atomic mass is 19.1. The summed E-state index contributed by atoms with van der Waals surface area (Å²) in [6.07, 6.45) is 23.5. The van der Waals surface area contributed by atoms with Crippen molar-refractivity contribution in [2.45, 2.75) is 6.54 Å². The van der Waals surface area contributed by atoms with Crippen molar-refractivity contribution in [1.29, 1.82) is 0 Å². The molecule has 1 aromatic rings. The van der Waals surface area contributed by atoms with Crippen LogP contribution in [0.4, 0.5) is 4.39 Å². The normalized spacial score (nSPS) is 20.0. The van der Waals surface area contributed by atoms with Crippen LogP contribution < -0.4 is 4.57 Å². The molecule has 6 heteroatoms. The van der Waals surface area contributed by atoms with Crippen molar-refractivity contribution in [3.05, 3.63) is 120 Å². The molecule has 0 spiro atoms. The lowest BCUT2D eigenvalue weighted by Crippen LogP contribution is -2.38. The average molecular weight is 432 g/mol. The molecule has 0 radical (unpaired) electrons. The van der Waals surface area contributed by atoms with Crippen LogP contribution in [-0.2, 0) is 6.54 Å². The zero-order valence-electron chi connectivity index (χ0n) is 17.7. The predicted octanol–water partition coefficient (Wildman–Crippen LogP) is 4.36. The second-order valence-corrected chi connectivity index (χ2v) is 7.91. The van der Waals surface area contributed by atoms with Gasteiger partial charge >= 0.3 is 0 Å². The van der Waals surface area contributed by atoms with Gasteiger partial charge in [0.2, 0.25) is 5.69 Å². The lowest BCUT2D eigenvalue weighted by atomic mass is 10.1. The number of aromatic nitrogens is 1. The number of fused-ring (bicyclic) bond motifs is 4. The molecule has 5 aliphatic heterocycles. The van der Waals surface area contributed by atoms with Crippen LogP contribution in [-0.4, -0.2) is 29.5 Å². The van der Waals surface area contributed by atoms with Gasteiger partial charge in [0, 0.05) is 12.1 Å². The Kier molecular flexibility index (Phi) is 4.69. The Morgan fingerprint density at radius 2 is 1.24 bits per heavy atom. The topological polar surface area (TPSA) is 53.3 Å². The minimum atomic E-state index is -0.439. The summed E-state index contributed by atoms with van der Waals surface area (Å²) in [5, 5.41) is 0. The van der Waals surface area contributed by atoms with Gasteiger partial charge in [-0.1, -0.05) is 0 Å². The number of pyridine rings is 1. The smallest absolute Gasteiger partial charge is 0.214 e. The van der Waals surface area contributed by atoms with Crippen LogP contribution in [0.15, 0.2) is 134 Å². The van der Waals surface area contributed by atoms with Gasteiger partial charge in [0.25, 0.3) is 0 Å². The highest BCUT2D eigenvalue weighted by Gasteiger charge is 2.24. The van der Waals surface area contributed by atoms with Crippen LogP contribution in [0.3, 0.4) is 0 Å². The average Bonchev–Trinajstić information content (AvgIpc) is 3.60. The first-order valence-electron chi connectivity index (χ1n) is 10.8. The molecule has 0 atom stereocenters. The van der Waals surface area contributed by atoms with E-state index in [-0.39, 0.29) is 6.54 Å². The number of alkyl halides is 1. The molecule has 0 saturated carbocycles. The van der Waals surface area contributed by atoms with Gasteiger partial charge in [-0.3, -0.25) is 0 Å². The molecule has 0 saturated heterocycles. The van der Waals surface area contributed by atoms with Gasteiger partial charge in [-0.05, 0) is 72.9 Å². The first-order chi connectivity index (χ1) is 16.2. The molecule has 0 aromatic carbocycles. The Balaban J connectivity index is 1.50. The highest BCUT2D eigenvalue weighted by Crippen LogP contribution is 2.29. The molecule has 0 unspecified atom stereocenters. The maximum atomic E-state index is 13.2. The van der Waals surface area contributed by atoms with E-state index in [9.17, 15) is 4.39 Å². The Hall–Kier alpha value is -4.32. The predicted molar refractivity (Wildman–Crippen MR) is 130 cm³/mol. The van der Waals surface area contributed by atoms with E-state index in [1.165, 1.54) is 0 Å². The monoisotopic (exact) mass is 432 g/mol. The van der Waals surface area contributed by atoms with E-state index in [4.69, 9.17) is 9.98 Å². The first kappa shape index (κ1) is 19.4. The fourth-order valence-corrected chi connectivity index (χ4v) is 4.11. The molecule has 0 N–H and O–H groups in total. The highest BCUT2D eigenvalue weighted by molar-refractivity contribution is 6.18. The van der Waals surface area contributed by atoms with Gasteiger partial charge in [0.05, 0.1) is 51.2 Å². The van der Waals surface area contributed by atoms with Crippen LogP contribution in [0, 0.1) is 0 Å². The van der Waals surface area contributed by atoms with Gasteiger partial charge in [-0.2, -0.15) is 4.57 Å². The summed E-state index contributed by atoms with van der Waals surface area (Å²) in [6, 6.07) is 5.85. The number of nitrogens with zero attached hydrogens (tertiary/aromatic N) is 5. The van der Waals surface area contributed by atoms with E-state index in [0.29, 0.717) is 0 Å². The van der Waals surface area contributed by atoms with Gasteiger partial charge in [-0.25, -0.2) is 24.4 Å². The molecule has 158 valence electrons. The van der Waals surface area contributed by atoms with E-state index >= 15 is 0 Å². The van der Waals surface area contributed by atoms with Crippen LogP contribution in [0.25, 0.3) is 5.57 Å². The molecule has 33 heavy (non-hydrogen) atoms. The standard InChI is InChI=1S/C27H19FN5/c28-10-12-33-11-2-1-3-27(33)25-16-24-15-22-7-6-20(30-22)13-18-4-5-19(29-18)14-21-8-9-23(31-21)17-26(25)32-24/h1-9,11,13-17H,10,12H2/q+1. The third-order valence-electron chi connectivity index (χ3n) is 5.58. The van der Waals surface area contributed by atoms with Gasteiger partial charge < -0.3 is 0 Å². The summed E-state index contributed by atoms with van der Waals surface area (Å²) in [5.41, 5.74) is 8.40. The van der Waals surface area contributed by atoms with Crippen LogP contribution in [0.1, 0.15) is 5.69 Å². The summed E-state index contributed by atoms with van der Waals surface area (Å²) >= 11 is 0. The number of aliphatic imine (C=N–C) groups is 4. The van der Waals surface area contributed by atoms with E-state index in [2.05, 4.69) is 9.98 Å². The lowest BCUT2D eigenvalue weighted by Gasteiger charge is -2.04. The fraction of sp³-hybridized carbons (Fsp3) is 0.0741. The third-order valence-corrected chi connectivity index (χ3v) is 5.58. The second kappa shape index (κ2) is 7.98. The Morgan fingerprint density at radius 1 is 0.636 bits per heavy atom. The van der Waals surface area contributed by atoms with E-state index in [1.807, 2.05) is 95.8 Å². The molecular weight excluding hydrogens is 413 g/mol. The van der Waals surface area contributed by atoms with Crippen molar-refractivity contribution in [3.63, 3.8) is 0 Å².